The number of nitrogens with one attached hydrogen (secondary N) is 1. The topological polar surface area (TPSA) is 127 Å². The first-order valence-electron chi connectivity index (χ1n) is 7.46. The van der Waals surface area contributed by atoms with Crippen molar-refractivity contribution in [3.05, 3.63) is 34.2 Å². The SMILES string of the molecule is Cc1cc(Nc2ncc(Br)c(O[C@H](C)[C@@H](C)O)n2)cc(F)c1S(N)(=O)=O. The van der Waals surface area contributed by atoms with Crippen molar-refractivity contribution in [2.45, 2.75) is 37.9 Å². The summed E-state index contributed by atoms with van der Waals surface area (Å²) in [6.07, 6.45) is 0.208. The molecule has 0 amide bonds. The summed E-state index contributed by atoms with van der Waals surface area (Å²) in [5.41, 5.74) is 0.385. The number of primary sulfonamides is 1. The predicted molar refractivity (Wildman–Crippen MR) is 97.3 cm³/mol. The van der Waals surface area contributed by atoms with E-state index in [2.05, 4.69) is 31.2 Å². The molecule has 0 unspecified atom stereocenters. The minimum absolute atomic E-state index is 0.100. The average molecular weight is 449 g/mol. The number of hydrogen-bond donors (Lipinski definition) is 3. The third-order valence-electron chi connectivity index (χ3n) is 3.46. The summed E-state index contributed by atoms with van der Waals surface area (Å²) in [6, 6.07) is 2.39. The molecule has 1 heterocycles. The van der Waals surface area contributed by atoms with Gasteiger partial charge in [-0.3, -0.25) is 0 Å². The first kappa shape index (κ1) is 20.5. The number of rotatable bonds is 6. The zero-order valence-corrected chi connectivity index (χ0v) is 16.6. The highest BCUT2D eigenvalue weighted by molar-refractivity contribution is 9.10. The van der Waals surface area contributed by atoms with Gasteiger partial charge in [-0.1, -0.05) is 0 Å². The van der Waals surface area contributed by atoms with Gasteiger partial charge >= 0.3 is 0 Å². The van der Waals surface area contributed by atoms with E-state index in [9.17, 15) is 17.9 Å². The lowest BCUT2D eigenvalue weighted by atomic mass is 10.2. The van der Waals surface area contributed by atoms with E-state index in [4.69, 9.17) is 9.88 Å². The molecule has 0 saturated carbocycles. The van der Waals surface area contributed by atoms with Gasteiger partial charge in [-0.2, -0.15) is 4.98 Å². The zero-order valence-electron chi connectivity index (χ0n) is 14.2. The first-order valence-corrected chi connectivity index (χ1v) is 9.80. The molecule has 26 heavy (non-hydrogen) atoms. The molecule has 0 fully saturated rings. The quantitative estimate of drug-likeness (QED) is 0.617. The van der Waals surface area contributed by atoms with Gasteiger partial charge in [0.2, 0.25) is 21.9 Å². The van der Waals surface area contributed by atoms with E-state index < -0.39 is 32.9 Å². The lowest BCUT2D eigenvalue weighted by molar-refractivity contribution is 0.0569. The molecule has 1 aromatic carbocycles. The van der Waals surface area contributed by atoms with Crippen molar-refractivity contribution in [2.24, 2.45) is 5.14 Å². The fourth-order valence-corrected chi connectivity index (χ4v) is 3.18. The highest BCUT2D eigenvalue weighted by atomic mass is 79.9. The molecule has 1 aromatic heterocycles. The zero-order chi connectivity index (χ0) is 19.6. The Morgan fingerprint density at radius 1 is 1.38 bits per heavy atom. The maximum atomic E-state index is 14.1. The van der Waals surface area contributed by atoms with Crippen LogP contribution in [0.5, 0.6) is 5.88 Å². The van der Waals surface area contributed by atoms with Crippen molar-refractivity contribution < 1.29 is 22.7 Å². The van der Waals surface area contributed by atoms with Crippen LogP contribution in [0.3, 0.4) is 0 Å². The van der Waals surface area contributed by atoms with Crippen LogP contribution in [0.25, 0.3) is 0 Å². The molecule has 142 valence electrons. The number of nitrogens with two attached hydrogens (primary N) is 1. The smallest absolute Gasteiger partial charge is 0.241 e. The molecule has 0 radical (unpaired) electrons. The van der Waals surface area contributed by atoms with E-state index >= 15 is 0 Å². The molecule has 0 spiro atoms. The fourth-order valence-electron chi connectivity index (χ4n) is 2.06. The normalized spacial score (nSPS) is 14.0. The number of nitrogens with zero attached hydrogens (tertiary/aromatic N) is 2. The summed E-state index contributed by atoms with van der Waals surface area (Å²) >= 11 is 3.25. The number of aromatic nitrogens is 2. The summed E-state index contributed by atoms with van der Waals surface area (Å²) in [5.74, 6) is -0.691. The van der Waals surface area contributed by atoms with Gasteiger partial charge in [-0.25, -0.2) is 22.9 Å². The molecular weight excluding hydrogens is 431 g/mol. The minimum Gasteiger partial charge on any atom is -0.471 e. The molecule has 0 aliphatic heterocycles. The molecule has 2 atom stereocenters. The van der Waals surface area contributed by atoms with Crippen LogP contribution in [-0.4, -0.2) is 35.7 Å². The maximum absolute atomic E-state index is 14.1. The second kappa shape index (κ2) is 7.82. The number of sulfonamides is 1. The van der Waals surface area contributed by atoms with E-state index in [0.717, 1.165) is 6.07 Å². The van der Waals surface area contributed by atoms with E-state index in [1.807, 2.05) is 0 Å². The largest absolute Gasteiger partial charge is 0.471 e. The van der Waals surface area contributed by atoms with Crippen molar-refractivity contribution in [3.8, 4) is 5.88 Å². The molecule has 2 aromatic rings. The molecule has 8 nitrogen and oxygen atoms in total. The van der Waals surface area contributed by atoms with Crippen LogP contribution < -0.4 is 15.2 Å². The summed E-state index contributed by atoms with van der Waals surface area (Å²) < 4.78 is 43.0. The Balaban J connectivity index is 2.32. The lowest BCUT2D eigenvalue weighted by Crippen LogP contribution is -2.26. The third kappa shape index (κ3) is 4.87. The average Bonchev–Trinajstić information content (AvgIpc) is 2.48. The number of aryl methyl sites for hydroxylation is 1. The third-order valence-corrected chi connectivity index (χ3v) is 5.09. The van der Waals surface area contributed by atoms with Crippen molar-refractivity contribution in [1.29, 1.82) is 0 Å². The number of anilines is 2. The molecule has 0 saturated heterocycles. The molecule has 0 aliphatic carbocycles. The lowest BCUT2D eigenvalue weighted by Gasteiger charge is -2.17. The van der Waals surface area contributed by atoms with Gasteiger partial charge in [-0.15, -0.1) is 0 Å². The standard InChI is InChI=1S/C15H18BrFN4O4S/c1-7-4-10(5-12(17)13(7)26(18,23)24)20-15-19-6-11(16)14(21-15)25-9(3)8(2)22/h4-6,8-9,22H,1-3H3,(H2,18,23,24)(H,19,20,21)/t8-,9-/m1/s1. The summed E-state index contributed by atoms with van der Waals surface area (Å²) in [6.45, 7) is 4.68. The molecule has 2 rings (SSSR count). The van der Waals surface area contributed by atoms with Gasteiger partial charge in [0.1, 0.15) is 16.8 Å². The molecule has 4 N–H and O–H groups in total. The number of aliphatic hydroxyl groups excluding tert-OH is 1. The molecule has 0 aliphatic rings. The van der Waals surface area contributed by atoms with Crippen LogP contribution >= 0.6 is 15.9 Å². The summed E-state index contributed by atoms with van der Waals surface area (Å²) in [4.78, 5) is 7.63. The van der Waals surface area contributed by atoms with Crippen LogP contribution in [0, 0.1) is 12.7 Å². The number of aliphatic hydroxyl groups is 1. The predicted octanol–water partition coefficient (Wildman–Crippen LogP) is 2.23. The van der Waals surface area contributed by atoms with E-state index in [1.54, 1.807) is 13.8 Å². The summed E-state index contributed by atoms with van der Waals surface area (Å²) in [5, 5.41) is 17.3. The van der Waals surface area contributed by atoms with E-state index in [-0.39, 0.29) is 23.1 Å². The van der Waals surface area contributed by atoms with Crippen LogP contribution in [-0.2, 0) is 10.0 Å². The number of halogens is 2. The maximum Gasteiger partial charge on any atom is 0.241 e. The second-order valence-corrected chi connectivity index (χ2v) is 8.04. The highest BCUT2D eigenvalue weighted by Gasteiger charge is 2.19. The summed E-state index contributed by atoms with van der Waals surface area (Å²) in [7, 11) is -4.17. The van der Waals surface area contributed by atoms with Crippen LogP contribution in [0.2, 0.25) is 0 Å². The van der Waals surface area contributed by atoms with Gasteiger partial charge < -0.3 is 15.2 Å². The number of ether oxygens (including phenoxy) is 1. The Kier molecular flexibility index (Phi) is 6.17. The Morgan fingerprint density at radius 3 is 2.58 bits per heavy atom. The van der Waals surface area contributed by atoms with Gasteiger partial charge in [0.25, 0.3) is 0 Å². The van der Waals surface area contributed by atoms with Gasteiger partial charge in [0.15, 0.2) is 0 Å². The monoisotopic (exact) mass is 448 g/mol. The molecular formula is C15H18BrFN4O4S. The van der Waals surface area contributed by atoms with Crippen molar-refractivity contribution in [3.63, 3.8) is 0 Å². The first-order chi connectivity index (χ1) is 12.0. The Bertz CT molecular complexity index is 901. The molecule has 11 heteroatoms. The van der Waals surface area contributed by atoms with Crippen LogP contribution in [0.1, 0.15) is 19.4 Å². The Morgan fingerprint density at radius 2 is 2.04 bits per heavy atom. The van der Waals surface area contributed by atoms with E-state index in [0.29, 0.717) is 4.47 Å². The second-order valence-electron chi connectivity index (χ2n) is 5.68. The van der Waals surface area contributed by atoms with Crippen molar-refractivity contribution in [2.75, 3.05) is 5.32 Å². The fraction of sp³-hybridized carbons (Fsp3) is 0.333. The Labute approximate surface area is 158 Å². The molecule has 0 bridgehead atoms. The van der Waals surface area contributed by atoms with Crippen LogP contribution in [0.4, 0.5) is 16.0 Å². The van der Waals surface area contributed by atoms with E-state index in [1.165, 1.54) is 19.2 Å². The number of hydrogen-bond acceptors (Lipinski definition) is 7. The minimum atomic E-state index is -4.17. The van der Waals surface area contributed by atoms with Gasteiger partial charge in [0, 0.05) is 5.69 Å². The van der Waals surface area contributed by atoms with Gasteiger partial charge in [0.05, 0.1) is 16.8 Å². The number of benzene rings is 1. The van der Waals surface area contributed by atoms with Crippen LogP contribution in [0.15, 0.2) is 27.7 Å². The van der Waals surface area contributed by atoms with Gasteiger partial charge in [-0.05, 0) is 54.4 Å². The highest BCUT2D eigenvalue weighted by Crippen LogP contribution is 2.27. The van der Waals surface area contributed by atoms with Crippen molar-refractivity contribution >= 4 is 37.6 Å². The van der Waals surface area contributed by atoms with Crippen molar-refractivity contribution in [1.82, 2.24) is 9.97 Å². The Hall–Kier alpha value is -1.82.